The van der Waals surface area contributed by atoms with Crippen molar-refractivity contribution in [3.63, 3.8) is 0 Å². The van der Waals surface area contributed by atoms with E-state index in [1.165, 1.54) is 77.0 Å². The molecule has 0 radical (unpaired) electrons. The molecule has 3 aliphatic rings. The fraction of sp³-hybridized carbons (Fsp3) is 1.00. The molecule has 0 aromatic rings. The van der Waals surface area contributed by atoms with E-state index in [2.05, 4.69) is 6.92 Å². The highest BCUT2D eigenvalue weighted by atomic mass is 16.7. The van der Waals surface area contributed by atoms with E-state index in [1.54, 1.807) is 0 Å². The Bertz CT molecular complexity index is 545. The molecular weight excluding hydrogens is 432 g/mol. The molecule has 0 bridgehead atoms. The van der Waals surface area contributed by atoms with E-state index >= 15 is 0 Å². The summed E-state index contributed by atoms with van der Waals surface area (Å²) in [6.07, 6.45) is 19.3. The van der Waals surface area contributed by atoms with Crippen molar-refractivity contribution in [2.45, 2.75) is 178 Å². The molecule has 0 aromatic heterocycles. The summed E-state index contributed by atoms with van der Waals surface area (Å²) in [5.41, 5.74) is 0. The summed E-state index contributed by atoms with van der Waals surface area (Å²) in [5, 5.41) is 30.8. The van der Waals surface area contributed by atoms with Gasteiger partial charge in [0, 0.05) is 19.3 Å². The maximum Gasteiger partial charge on any atom is 0.174 e. The van der Waals surface area contributed by atoms with E-state index in [0.717, 1.165) is 19.3 Å². The lowest BCUT2D eigenvalue weighted by molar-refractivity contribution is -0.291. The summed E-state index contributed by atoms with van der Waals surface area (Å²) in [5.74, 6) is -0.836. The normalized spacial score (nSPS) is 34.4. The number of ether oxygens (including phenoxy) is 3. The van der Waals surface area contributed by atoms with Gasteiger partial charge in [-0.1, -0.05) is 90.4 Å². The van der Waals surface area contributed by atoms with Crippen LogP contribution in [0.1, 0.15) is 135 Å². The van der Waals surface area contributed by atoms with Crippen molar-refractivity contribution in [3.8, 4) is 0 Å². The van der Waals surface area contributed by atoms with E-state index in [1.807, 2.05) is 0 Å². The third kappa shape index (κ3) is 9.67. The van der Waals surface area contributed by atoms with Gasteiger partial charge in [0.1, 0.15) is 0 Å². The van der Waals surface area contributed by atoms with Gasteiger partial charge in [0.15, 0.2) is 12.1 Å². The zero-order valence-electron chi connectivity index (χ0n) is 21.7. The van der Waals surface area contributed by atoms with Crippen LogP contribution in [0.5, 0.6) is 0 Å². The number of unbranched alkanes of at least 4 members (excludes halogenated alkanes) is 12. The lowest BCUT2D eigenvalue weighted by Gasteiger charge is -2.41. The van der Waals surface area contributed by atoms with E-state index in [0.29, 0.717) is 32.1 Å². The quantitative estimate of drug-likeness (QED) is 0.242. The molecule has 7 atom stereocenters. The fourth-order valence-electron chi connectivity index (χ4n) is 6.11. The summed E-state index contributed by atoms with van der Waals surface area (Å²) in [4.78, 5) is 0. The van der Waals surface area contributed by atoms with Gasteiger partial charge >= 0.3 is 0 Å². The Kier molecular flexibility index (Phi) is 12.6. The van der Waals surface area contributed by atoms with Gasteiger partial charge in [0.05, 0.1) is 30.5 Å². The van der Waals surface area contributed by atoms with Crippen LogP contribution in [0.3, 0.4) is 0 Å². The van der Waals surface area contributed by atoms with Crippen LogP contribution >= 0.6 is 0 Å². The molecule has 0 aliphatic carbocycles. The molecule has 0 amide bonds. The molecule has 7 unspecified atom stereocenters. The van der Waals surface area contributed by atoms with Crippen molar-refractivity contribution >= 4 is 0 Å². The minimum Gasteiger partial charge on any atom is -0.393 e. The highest BCUT2D eigenvalue weighted by Gasteiger charge is 2.54. The molecule has 34 heavy (non-hydrogen) atoms. The largest absolute Gasteiger partial charge is 0.393 e. The first-order valence-electron chi connectivity index (χ1n) is 14.5. The monoisotopic (exact) mass is 484 g/mol. The Labute approximate surface area is 207 Å². The van der Waals surface area contributed by atoms with E-state index < -0.39 is 24.3 Å². The van der Waals surface area contributed by atoms with Gasteiger partial charge in [-0.15, -0.1) is 0 Å². The molecule has 3 heterocycles. The second-order valence-corrected chi connectivity index (χ2v) is 11.2. The topological polar surface area (TPSA) is 88.4 Å². The number of aliphatic hydroxyl groups excluding tert-OH is 3. The van der Waals surface area contributed by atoms with Crippen LogP contribution in [0.15, 0.2) is 0 Å². The average molecular weight is 485 g/mol. The van der Waals surface area contributed by atoms with Crippen molar-refractivity contribution < 1.29 is 29.5 Å². The van der Waals surface area contributed by atoms with Crippen molar-refractivity contribution in [1.29, 1.82) is 0 Å². The number of aliphatic hydroxyl groups is 3. The molecule has 0 aromatic carbocycles. The minimum atomic E-state index is -0.836. The molecule has 3 aliphatic heterocycles. The predicted octanol–water partition coefficient (Wildman–Crippen LogP) is 5.74. The highest BCUT2D eigenvalue weighted by Crippen LogP contribution is 2.45. The Morgan fingerprint density at radius 3 is 2.03 bits per heavy atom. The predicted molar refractivity (Wildman–Crippen MR) is 133 cm³/mol. The highest BCUT2D eigenvalue weighted by molar-refractivity contribution is 4.96. The second-order valence-electron chi connectivity index (χ2n) is 11.2. The Hall–Kier alpha value is -0.240. The van der Waals surface area contributed by atoms with Crippen molar-refractivity contribution in [1.82, 2.24) is 0 Å². The lowest BCUT2D eigenvalue weighted by atomic mass is 9.91. The van der Waals surface area contributed by atoms with Crippen molar-refractivity contribution in [3.05, 3.63) is 0 Å². The molecule has 6 heteroatoms. The summed E-state index contributed by atoms with van der Waals surface area (Å²) in [6, 6.07) is 0. The van der Waals surface area contributed by atoms with E-state index in [4.69, 9.17) is 14.2 Å². The first kappa shape index (κ1) is 28.3. The summed E-state index contributed by atoms with van der Waals surface area (Å²) < 4.78 is 18.2. The number of fused-ring (bicyclic) bond motifs is 1. The van der Waals surface area contributed by atoms with Gasteiger partial charge < -0.3 is 29.5 Å². The molecule has 200 valence electrons. The zero-order valence-corrected chi connectivity index (χ0v) is 21.7. The molecule has 3 N–H and O–H groups in total. The molecule has 3 rings (SSSR count). The Morgan fingerprint density at radius 2 is 1.38 bits per heavy atom. The minimum absolute atomic E-state index is 0.0786. The van der Waals surface area contributed by atoms with Crippen LogP contribution in [-0.4, -0.2) is 57.9 Å². The lowest BCUT2D eigenvalue weighted by Crippen LogP contribution is -2.47. The summed E-state index contributed by atoms with van der Waals surface area (Å²) in [6.45, 7) is 2.27. The standard InChI is InChI=1S/C28H52O6/c1-2-3-4-5-6-7-8-9-10-11-12-13-14-15-22(29)18-24-19-23(30)20-28(33-24)21-26-25(34-28)16-17-27(31)32-26/h22-27,29-31H,2-21H2,1H3. The molecule has 3 fully saturated rings. The van der Waals surface area contributed by atoms with Crippen molar-refractivity contribution in [2.24, 2.45) is 0 Å². The molecular formula is C28H52O6. The molecule has 0 saturated carbocycles. The van der Waals surface area contributed by atoms with Gasteiger partial charge in [-0.05, 0) is 25.7 Å². The molecule has 1 spiro atoms. The summed E-state index contributed by atoms with van der Waals surface area (Å²) in [7, 11) is 0. The Morgan fingerprint density at radius 1 is 0.765 bits per heavy atom. The van der Waals surface area contributed by atoms with Crippen LogP contribution in [0.2, 0.25) is 0 Å². The third-order valence-corrected chi connectivity index (χ3v) is 7.96. The fourth-order valence-corrected chi connectivity index (χ4v) is 6.11. The molecule has 6 nitrogen and oxygen atoms in total. The van der Waals surface area contributed by atoms with Gasteiger partial charge in [-0.2, -0.15) is 0 Å². The first-order chi connectivity index (χ1) is 16.5. The zero-order chi connectivity index (χ0) is 24.2. The van der Waals surface area contributed by atoms with Crippen molar-refractivity contribution in [2.75, 3.05) is 0 Å². The first-order valence-corrected chi connectivity index (χ1v) is 14.5. The summed E-state index contributed by atoms with van der Waals surface area (Å²) >= 11 is 0. The van der Waals surface area contributed by atoms with Crippen LogP contribution in [-0.2, 0) is 14.2 Å². The van der Waals surface area contributed by atoms with Crippen LogP contribution in [0, 0.1) is 0 Å². The average Bonchev–Trinajstić information content (AvgIpc) is 3.12. The Balaban J connectivity index is 1.22. The van der Waals surface area contributed by atoms with Gasteiger partial charge in [0.25, 0.3) is 0 Å². The number of hydrogen-bond donors (Lipinski definition) is 3. The van der Waals surface area contributed by atoms with Crippen LogP contribution < -0.4 is 0 Å². The number of rotatable bonds is 16. The smallest absolute Gasteiger partial charge is 0.174 e. The second kappa shape index (κ2) is 15.1. The maximum atomic E-state index is 10.6. The van der Waals surface area contributed by atoms with E-state index in [9.17, 15) is 15.3 Å². The van der Waals surface area contributed by atoms with E-state index in [-0.39, 0.29) is 18.3 Å². The third-order valence-electron chi connectivity index (χ3n) is 7.96. The van der Waals surface area contributed by atoms with Crippen LogP contribution in [0.25, 0.3) is 0 Å². The van der Waals surface area contributed by atoms with Crippen LogP contribution in [0.4, 0.5) is 0 Å². The van der Waals surface area contributed by atoms with Gasteiger partial charge in [-0.25, -0.2) is 0 Å². The van der Waals surface area contributed by atoms with Gasteiger partial charge in [0.2, 0.25) is 0 Å². The molecule has 3 saturated heterocycles. The number of hydrogen-bond acceptors (Lipinski definition) is 6. The maximum absolute atomic E-state index is 10.6. The SMILES string of the molecule is CCCCCCCCCCCCCCCC(O)CC1CC(O)CC2(CC3OC(O)CCC3O2)O1. The van der Waals surface area contributed by atoms with Gasteiger partial charge in [-0.3, -0.25) is 0 Å².